The van der Waals surface area contributed by atoms with Gasteiger partial charge >= 0.3 is 0 Å². The summed E-state index contributed by atoms with van der Waals surface area (Å²) in [6, 6.07) is 0. The fourth-order valence-electron chi connectivity index (χ4n) is 2.31. The van der Waals surface area contributed by atoms with Gasteiger partial charge in [0.2, 0.25) is 0 Å². The van der Waals surface area contributed by atoms with Crippen molar-refractivity contribution in [1.29, 1.82) is 0 Å². The van der Waals surface area contributed by atoms with Crippen molar-refractivity contribution < 1.29 is 0 Å². The molecule has 0 atom stereocenters. The summed E-state index contributed by atoms with van der Waals surface area (Å²) in [4.78, 5) is 0. The third-order valence-corrected chi connectivity index (χ3v) is 3.34. The summed E-state index contributed by atoms with van der Waals surface area (Å²) in [5, 5.41) is 8.14. The molecule has 0 bridgehead atoms. The zero-order chi connectivity index (χ0) is 13.8. The number of aromatic nitrogens is 2. The van der Waals surface area contributed by atoms with Gasteiger partial charge in [0.25, 0.3) is 0 Å². The van der Waals surface area contributed by atoms with Crippen LogP contribution >= 0.6 is 0 Å². The van der Waals surface area contributed by atoms with Crippen LogP contribution in [0.4, 0.5) is 0 Å². The number of nitrogens with zero attached hydrogens (tertiary/aromatic N) is 2. The molecule has 1 heterocycles. The molecule has 1 aromatic rings. The van der Waals surface area contributed by atoms with Crippen LogP contribution in [-0.2, 0) is 13.0 Å². The molecular formula is C15H29N3. The SMILES string of the molecule is CCc1c(C)nn(CCCCNC(C)(C)C)c1C. The van der Waals surface area contributed by atoms with Crippen LogP contribution in [0.25, 0.3) is 0 Å². The van der Waals surface area contributed by atoms with E-state index in [-0.39, 0.29) is 5.54 Å². The predicted octanol–water partition coefficient (Wildman–Crippen LogP) is 3.23. The molecule has 3 heteroatoms. The van der Waals surface area contributed by atoms with Crippen LogP contribution in [-0.4, -0.2) is 21.9 Å². The summed E-state index contributed by atoms with van der Waals surface area (Å²) in [7, 11) is 0. The lowest BCUT2D eigenvalue weighted by Gasteiger charge is -2.20. The molecule has 104 valence electrons. The van der Waals surface area contributed by atoms with E-state index < -0.39 is 0 Å². The number of hydrogen-bond acceptors (Lipinski definition) is 2. The minimum absolute atomic E-state index is 0.230. The molecule has 3 nitrogen and oxygen atoms in total. The van der Waals surface area contributed by atoms with Crippen molar-refractivity contribution in [2.45, 2.75) is 72.9 Å². The van der Waals surface area contributed by atoms with Crippen molar-refractivity contribution in [1.82, 2.24) is 15.1 Å². The monoisotopic (exact) mass is 251 g/mol. The Morgan fingerprint density at radius 1 is 1.17 bits per heavy atom. The number of unbranched alkanes of at least 4 members (excludes halogenated alkanes) is 1. The van der Waals surface area contributed by atoms with Crippen LogP contribution in [0.5, 0.6) is 0 Å². The molecule has 0 radical (unpaired) electrons. The first-order chi connectivity index (χ1) is 8.35. The molecule has 0 aliphatic rings. The largest absolute Gasteiger partial charge is 0.312 e. The molecule has 0 spiro atoms. The maximum absolute atomic E-state index is 4.62. The smallest absolute Gasteiger partial charge is 0.0628 e. The lowest BCUT2D eigenvalue weighted by atomic mass is 10.1. The highest BCUT2D eigenvalue weighted by Crippen LogP contribution is 2.14. The van der Waals surface area contributed by atoms with E-state index in [1.165, 1.54) is 29.8 Å². The van der Waals surface area contributed by atoms with Crippen molar-refractivity contribution in [3.63, 3.8) is 0 Å². The molecule has 0 aliphatic carbocycles. The number of hydrogen-bond donors (Lipinski definition) is 1. The Morgan fingerprint density at radius 2 is 1.83 bits per heavy atom. The van der Waals surface area contributed by atoms with E-state index in [9.17, 15) is 0 Å². The van der Waals surface area contributed by atoms with Gasteiger partial charge in [0.05, 0.1) is 5.69 Å². The molecule has 0 saturated heterocycles. The topological polar surface area (TPSA) is 29.9 Å². The molecule has 0 saturated carbocycles. The van der Waals surface area contributed by atoms with Gasteiger partial charge in [0, 0.05) is 17.8 Å². The minimum Gasteiger partial charge on any atom is -0.312 e. The van der Waals surface area contributed by atoms with Gasteiger partial charge in [-0.3, -0.25) is 4.68 Å². The van der Waals surface area contributed by atoms with E-state index in [0.29, 0.717) is 0 Å². The molecule has 1 rings (SSSR count). The summed E-state index contributed by atoms with van der Waals surface area (Å²) in [6.07, 6.45) is 3.48. The normalized spacial score (nSPS) is 12.1. The number of rotatable bonds is 6. The van der Waals surface area contributed by atoms with Crippen molar-refractivity contribution in [2.75, 3.05) is 6.54 Å². The van der Waals surface area contributed by atoms with Crippen molar-refractivity contribution >= 4 is 0 Å². The first-order valence-corrected chi connectivity index (χ1v) is 7.13. The average Bonchev–Trinajstić information content (AvgIpc) is 2.52. The fourth-order valence-corrected chi connectivity index (χ4v) is 2.31. The Bertz CT molecular complexity index is 372. The van der Waals surface area contributed by atoms with Gasteiger partial charge in [-0.1, -0.05) is 6.92 Å². The zero-order valence-corrected chi connectivity index (χ0v) is 12.9. The summed E-state index contributed by atoms with van der Waals surface area (Å²) in [5.74, 6) is 0. The molecule has 0 aromatic carbocycles. The Balaban J connectivity index is 2.36. The predicted molar refractivity (Wildman–Crippen MR) is 78.1 cm³/mol. The molecule has 0 unspecified atom stereocenters. The third kappa shape index (κ3) is 4.45. The van der Waals surface area contributed by atoms with E-state index in [0.717, 1.165) is 19.5 Å². The molecule has 18 heavy (non-hydrogen) atoms. The summed E-state index contributed by atoms with van der Waals surface area (Å²) in [5.41, 5.74) is 4.19. The number of aryl methyl sites for hydroxylation is 2. The fraction of sp³-hybridized carbons (Fsp3) is 0.800. The maximum atomic E-state index is 4.62. The maximum Gasteiger partial charge on any atom is 0.0628 e. The second-order valence-electron chi connectivity index (χ2n) is 6.11. The highest BCUT2D eigenvalue weighted by molar-refractivity contribution is 5.24. The van der Waals surface area contributed by atoms with Gasteiger partial charge in [0.1, 0.15) is 0 Å². The van der Waals surface area contributed by atoms with Gasteiger partial charge in [-0.05, 0) is 66.0 Å². The summed E-state index contributed by atoms with van der Waals surface area (Å²) in [6.45, 7) is 15.3. The number of nitrogens with one attached hydrogen (secondary N) is 1. The molecular weight excluding hydrogens is 222 g/mol. The minimum atomic E-state index is 0.230. The van der Waals surface area contributed by atoms with Gasteiger partial charge in [-0.25, -0.2) is 0 Å². The van der Waals surface area contributed by atoms with Crippen LogP contribution in [0.2, 0.25) is 0 Å². The molecule has 0 aliphatic heterocycles. The Labute approximate surface area is 112 Å². The Kier molecular flexibility index (Phi) is 5.39. The lowest BCUT2D eigenvalue weighted by molar-refractivity contribution is 0.411. The Hall–Kier alpha value is -0.830. The second-order valence-corrected chi connectivity index (χ2v) is 6.11. The van der Waals surface area contributed by atoms with Crippen LogP contribution in [0.1, 0.15) is 57.5 Å². The standard InChI is InChI=1S/C15H29N3/c1-7-14-12(2)17-18(13(14)3)11-9-8-10-16-15(4,5)6/h16H,7-11H2,1-6H3. The first-order valence-electron chi connectivity index (χ1n) is 7.13. The summed E-state index contributed by atoms with van der Waals surface area (Å²) < 4.78 is 2.17. The van der Waals surface area contributed by atoms with Crippen molar-refractivity contribution in [3.05, 3.63) is 17.0 Å². The van der Waals surface area contributed by atoms with Crippen LogP contribution in [0.3, 0.4) is 0 Å². The molecule has 0 fully saturated rings. The van der Waals surface area contributed by atoms with E-state index in [1.807, 2.05) is 0 Å². The quantitative estimate of drug-likeness (QED) is 0.787. The third-order valence-electron chi connectivity index (χ3n) is 3.34. The highest BCUT2D eigenvalue weighted by Gasteiger charge is 2.10. The van der Waals surface area contributed by atoms with Crippen molar-refractivity contribution in [2.24, 2.45) is 0 Å². The zero-order valence-electron chi connectivity index (χ0n) is 12.9. The van der Waals surface area contributed by atoms with E-state index >= 15 is 0 Å². The molecule has 0 amide bonds. The van der Waals surface area contributed by atoms with Gasteiger partial charge in [-0.2, -0.15) is 5.10 Å². The second kappa shape index (κ2) is 6.37. The van der Waals surface area contributed by atoms with E-state index in [4.69, 9.17) is 0 Å². The summed E-state index contributed by atoms with van der Waals surface area (Å²) >= 11 is 0. The van der Waals surface area contributed by atoms with Gasteiger partial charge in [0.15, 0.2) is 0 Å². The van der Waals surface area contributed by atoms with Gasteiger partial charge in [-0.15, -0.1) is 0 Å². The van der Waals surface area contributed by atoms with Crippen LogP contribution in [0.15, 0.2) is 0 Å². The van der Waals surface area contributed by atoms with E-state index in [1.54, 1.807) is 0 Å². The first kappa shape index (κ1) is 15.2. The highest BCUT2D eigenvalue weighted by atomic mass is 15.3. The average molecular weight is 251 g/mol. The lowest BCUT2D eigenvalue weighted by Crippen LogP contribution is -2.36. The van der Waals surface area contributed by atoms with Crippen molar-refractivity contribution in [3.8, 4) is 0 Å². The van der Waals surface area contributed by atoms with Crippen LogP contribution < -0.4 is 5.32 Å². The van der Waals surface area contributed by atoms with Crippen LogP contribution in [0, 0.1) is 13.8 Å². The van der Waals surface area contributed by atoms with E-state index in [2.05, 4.69) is 56.6 Å². The molecule has 1 aromatic heterocycles. The Morgan fingerprint density at radius 3 is 2.33 bits per heavy atom. The molecule has 1 N–H and O–H groups in total. The van der Waals surface area contributed by atoms with Gasteiger partial charge < -0.3 is 5.32 Å².